The highest BCUT2D eigenvalue weighted by atomic mass is 16.6. The van der Waals surface area contributed by atoms with Crippen LogP contribution in [-0.4, -0.2) is 29.1 Å². The van der Waals surface area contributed by atoms with Crippen molar-refractivity contribution < 1.29 is 9.53 Å². The molecular weight excluding hydrogens is 294 g/mol. The Kier molecular flexibility index (Phi) is 7.88. The quantitative estimate of drug-likeness (QED) is 0.358. The van der Waals surface area contributed by atoms with Crippen LogP contribution in [0.4, 0.5) is 4.79 Å². The smallest absolute Gasteiger partial charge is 0.426 e. The van der Waals surface area contributed by atoms with Crippen molar-refractivity contribution in [2.45, 2.75) is 47.1 Å². The third kappa shape index (κ3) is 8.51. The zero-order valence-electron chi connectivity index (χ0n) is 14.8. The van der Waals surface area contributed by atoms with Gasteiger partial charge < -0.3 is 10.5 Å². The molecule has 0 saturated carbocycles. The summed E-state index contributed by atoms with van der Waals surface area (Å²) < 4.78 is 5.26. The molecule has 0 saturated heterocycles. The number of carbonyl (C=O) groups excluding carboxylic acids is 1. The molecule has 0 radical (unpaired) electrons. The fraction of sp³-hybridized carbons (Fsp3) is 0.562. The van der Waals surface area contributed by atoms with Gasteiger partial charge in [-0.3, -0.25) is 5.01 Å². The zero-order chi connectivity index (χ0) is 18.2. The van der Waals surface area contributed by atoms with Crippen LogP contribution >= 0.6 is 0 Å². The van der Waals surface area contributed by atoms with Gasteiger partial charge >= 0.3 is 6.09 Å². The van der Waals surface area contributed by atoms with Crippen molar-refractivity contribution in [1.82, 2.24) is 10.4 Å². The standard InChI is InChI=1S/C16H27N5O2/c1-11(2)10-21(20-15(22)23-16(5,6)7)14(12(3)8-17)19-13(4)9-18/h8,11H,4,10,17H2,1-3,5-7H3,(H,20,22)/b12-8-,19-14?. The molecule has 0 atom stereocenters. The maximum Gasteiger partial charge on any atom is 0.426 e. The van der Waals surface area contributed by atoms with Crippen molar-refractivity contribution in [3.63, 3.8) is 0 Å². The molecule has 1 amide bonds. The predicted molar refractivity (Wildman–Crippen MR) is 91.0 cm³/mol. The lowest BCUT2D eigenvalue weighted by Gasteiger charge is -2.30. The average Bonchev–Trinajstić information content (AvgIpc) is 2.40. The second kappa shape index (κ2) is 8.83. The minimum atomic E-state index is -0.625. The SMILES string of the molecule is C=C(C#N)N=C(/C(C)=C\N)N(CC(C)C)NC(=O)OC(C)(C)C. The van der Waals surface area contributed by atoms with Gasteiger partial charge in [-0.05, 0) is 33.6 Å². The molecule has 0 aromatic rings. The van der Waals surface area contributed by atoms with Crippen LogP contribution < -0.4 is 11.2 Å². The highest BCUT2D eigenvalue weighted by Crippen LogP contribution is 2.10. The number of ether oxygens (including phenoxy) is 1. The van der Waals surface area contributed by atoms with Gasteiger partial charge in [0.25, 0.3) is 0 Å². The number of hydrogen-bond donors (Lipinski definition) is 2. The van der Waals surface area contributed by atoms with Gasteiger partial charge in [-0.2, -0.15) is 5.26 Å². The maximum atomic E-state index is 12.1. The van der Waals surface area contributed by atoms with E-state index in [0.29, 0.717) is 18.0 Å². The van der Waals surface area contributed by atoms with E-state index in [1.54, 1.807) is 27.7 Å². The molecule has 7 nitrogen and oxygen atoms in total. The van der Waals surface area contributed by atoms with Gasteiger partial charge in [0.1, 0.15) is 17.4 Å². The van der Waals surface area contributed by atoms with E-state index >= 15 is 0 Å². The van der Waals surface area contributed by atoms with Gasteiger partial charge in [-0.25, -0.2) is 15.2 Å². The minimum Gasteiger partial charge on any atom is -0.443 e. The number of allylic oxidation sites excluding steroid dienone is 1. The van der Waals surface area contributed by atoms with Gasteiger partial charge in [0.2, 0.25) is 0 Å². The average molecular weight is 321 g/mol. The number of hydrogen-bond acceptors (Lipinski definition) is 5. The number of amides is 1. The van der Waals surface area contributed by atoms with Crippen molar-refractivity contribution in [3.8, 4) is 6.07 Å². The lowest BCUT2D eigenvalue weighted by molar-refractivity contribution is 0.0408. The molecule has 0 aliphatic carbocycles. The predicted octanol–water partition coefficient (Wildman–Crippen LogP) is 2.68. The second-order valence-electron chi connectivity index (χ2n) is 6.46. The first-order valence-electron chi connectivity index (χ1n) is 7.34. The van der Waals surface area contributed by atoms with Crippen LogP contribution in [0.1, 0.15) is 41.5 Å². The van der Waals surface area contributed by atoms with E-state index in [1.807, 2.05) is 19.9 Å². The summed E-state index contributed by atoms with van der Waals surface area (Å²) >= 11 is 0. The number of nitrogens with zero attached hydrogens (tertiary/aromatic N) is 3. The molecule has 7 heteroatoms. The number of amidine groups is 1. The van der Waals surface area contributed by atoms with Gasteiger partial charge in [-0.15, -0.1) is 0 Å². The van der Waals surface area contributed by atoms with Crippen LogP contribution in [0.5, 0.6) is 0 Å². The van der Waals surface area contributed by atoms with Crippen LogP contribution in [0.15, 0.2) is 29.0 Å². The third-order valence-electron chi connectivity index (χ3n) is 2.40. The van der Waals surface area contributed by atoms with E-state index in [9.17, 15) is 4.79 Å². The zero-order valence-corrected chi connectivity index (χ0v) is 14.8. The summed E-state index contributed by atoms with van der Waals surface area (Å²) in [6, 6.07) is 1.85. The normalized spacial score (nSPS) is 12.6. The maximum absolute atomic E-state index is 12.1. The summed E-state index contributed by atoms with van der Waals surface area (Å²) in [7, 11) is 0. The van der Waals surface area contributed by atoms with Crippen molar-refractivity contribution >= 4 is 11.9 Å². The molecule has 0 bridgehead atoms. The Hall–Kier alpha value is -2.49. The molecule has 0 unspecified atom stereocenters. The van der Waals surface area contributed by atoms with E-state index in [4.69, 9.17) is 15.7 Å². The summed E-state index contributed by atoms with van der Waals surface area (Å²) in [5.41, 5.74) is 8.19. The number of carbonyl (C=O) groups is 1. The summed E-state index contributed by atoms with van der Waals surface area (Å²) in [5, 5.41) is 10.4. The van der Waals surface area contributed by atoms with Crippen molar-refractivity contribution in [2.24, 2.45) is 16.6 Å². The summed E-state index contributed by atoms with van der Waals surface area (Å²) in [6.45, 7) is 15.0. The van der Waals surface area contributed by atoms with Gasteiger partial charge in [0.05, 0.1) is 0 Å². The molecule has 0 rings (SSSR count). The number of nitrogens with one attached hydrogen (secondary N) is 1. The largest absolute Gasteiger partial charge is 0.443 e. The molecule has 23 heavy (non-hydrogen) atoms. The Balaban J connectivity index is 5.55. The highest BCUT2D eigenvalue weighted by Gasteiger charge is 2.22. The molecule has 0 fully saturated rings. The Labute approximate surface area is 138 Å². The Morgan fingerprint density at radius 3 is 2.48 bits per heavy atom. The molecule has 0 aromatic heterocycles. The van der Waals surface area contributed by atoms with Crippen LogP contribution in [-0.2, 0) is 4.74 Å². The van der Waals surface area contributed by atoms with E-state index in [0.717, 1.165) is 0 Å². The minimum absolute atomic E-state index is 0.0148. The number of nitrogens with two attached hydrogens (primary N) is 1. The second-order valence-corrected chi connectivity index (χ2v) is 6.46. The molecule has 0 aromatic carbocycles. The Morgan fingerprint density at radius 1 is 1.52 bits per heavy atom. The Bertz CT molecular complexity index is 536. The first-order valence-corrected chi connectivity index (χ1v) is 7.34. The monoisotopic (exact) mass is 321 g/mol. The Morgan fingerprint density at radius 2 is 2.09 bits per heavy atom. The lowest BCUT2D eigenvalue weighted by atomic mass is 10.2. The van der Waals surface area contributed by atoms with Crippen LogP contribution in [0.2, 0.25) is 0 Å². The molecule has 0 heterocycles. The van der Waals surface area contributed by atoms with Gasteiger partial charge in [0.15, 0.2) is 5.84 Å². The molecular formula is C16H27N5O2. The van der Waals surface area contributed by atoms with E-state index in [2.05, 4.69) is 17.0 Å². The number of nitriles is 1. The van der Waals surface area contributed by atoms with Crippen LogP contribution in [0, 0.1) is 17.2 Å². The first-order chi connectivity index (χ1) is 10.5. The fourth-order valence-corrected chi connectivity index (χ4v) is 1.55. The number of hydrazine groups is 1. The molecule has 0 aliphatic rings. The number of rotatable bonds is 4. The third-order valence-corrected chi connectivity index (χ3v) is 2.40. The molecule has 3 N–H and O–H groups in total. The molecule has 128 valence electrons. The summed E-state index contributed by atoms with van der Waals surface area (Å²) in [6.07, 6.45) is 0.742. The highest BCUT2D eigenvalue weighted by molar-refractivity contribution is 5.99. The van der Waals surface area contributed by atoms with Crippen molar-refractivity contribution in [3.05, 3.63) is 24.0 Å². The lowest BCUT2D eigenvalue weighted by Crippen LogP contribution is -2.50. The van der Waals surface area contributed by atoms with E-state index in [-0.39, 0.29) is 11.6 Å². The number of aliphatic imine (C=N–C) groups is 1. The van der Waals surface area contributed by atoms with Crippen molar-refractivity contribution in [2.75, 3.05) is 6.54 Å². The van der Waals surface area contributed by atoms with Gasteiger partial charge in [0, 0.05) is 18.3 Å². The fourth-order valence-electron chi connectivity index (χ4n) is 1.55. The van der Waals surface area contributed by atoms with Gasteiger partial charge in [-0.1, -0.05) is 20.4 Å². The topological polar surface area (TPSA) is 104 Å². The van der Waals surface area contributed by atoms with Crippen molar-refractivity contribution in [1.29, 1.82) is 5.26 Å². The van der Waals surface area contributed by atoms with Crippen LogP contribution in [0.25, 0.3) is 0 Å². The molecule has 0 aliphatic heterocycles. The first kappa shape index (κ1) is 20.5. The summed E-state index contributed by atoms with van der Waals surface area (Å²) in [5.74, 6) is 0.565. The van der Waals surface area contributed by atoms with Crippen LogP contribution in [0.3, 0.4) is 0 Å². The van der Waals surface area contributed by atoms with E-state index in [1.165, 1.54) is 11.2 Å². The molecule has 0 spiro atoms. The van der Waals surface area contributed by atoms with E-state index < -0.39 is 11.7 Å². The summed E-state index contributed by atoms with van der Waals surface area (Å²) in [4.78, 5) is 16.2.